The number of morpholine rings is 1. The Balaban J connectivity index is 1.33. The molecule has 2 unspecified atom stereocenters. The molecule has 7 heteroatoms. The maximum absolute atomic E-state index is 6.37. The monoisotopic (exact) mass is 405 g/mol. The molecule has 3 heterocycles. The summed E-state index contributed by atoms with van der Waals surface area (Å²) in [6.45, 7) is 10.6. The topological polar surface area (TPSA) is 43.3 Å². The van der Waals surface area contributed by atoms with Gasteiger partial charge in [0.05, 0.1) is 30.0 Å². The van der Waals surface area contributed by atoms with E-state index in [1.807, 2.05) is 18.2 Å². The van der Waals surface area contributed by atoms with Crippen molar-refractivity contribution in [2.24, 2.45) is 4.99 Å². The molecule has 0 bridgehead atoms. The van der Waals surface area contributed by atoms with Gasteiger partial charge >= 0.3 is 0 Å². The summed E-state index contributed by atoms with van der Waals surface area (Å²) in [5.41, 5.74) is 1.13. The summed E-state index contributed by atoms with van der Waals surface area (Å²) in [5, 5.41) is 4.29. The van der Waals surface area contributed by atoms with Crippen molar-refractivity contribution in [3.05, 3.63) is 29.3 Å². The first-order chi connectivity index (χ1) is 13.7. The Kier molecular flexibility index (Phi) is 6.60. The van der Waals surface area contributed by atoms with Crippen LogP contribution in [0, 0.1) is 0 Å². The van der Waals surface area contributed by atoms with Gasteiger partial charge in [0, 0.05) is 45.3 Å². The van der Waals surface area contributed by atoms with Crippen LogP contribution in [-0.4, -0.2) is 86.9 Å². The molecule has 28 heavy (non-hydrogen) atoms. The van der Waals surface area contributed by atoms with E-state index in [1.165, 1.54) is 19.4 Å². The van der Waals surface area contributed by atoms with E-state index in [9.17, 15) is 0 Å². The SMILES string of the molecule is CCNC(=NCC1CN2CCCC2CO1)N1CCN(c2ccccc2Cl)CC1. The standard InChI is InChI=1S/C21H32ClN5O/c1-2-23-21(24-14-18-15-27-9-5-6-17(27)16-28-18)26-12-10-25(11-13-26)20-8-4-3-7-19(20)22/h3-4,7-8,17-18H,2,5-6,9-16H2,1H3,(H,23,24). The van der Waals surface area contributed by atoms with Crippen molar-refractivity contribution >= 4 is 23.2 Å². The zero-order valence-electron chi connectivity index (χ0n) is 16.8. The number of guanidine groups is 1. The predicted molar refractivity (Wildman–Crippen MR) is 116 cm³/mol. The van der Waals surface area contributed by atoms with Crippen LogP contribution in [0.15, 0.2) is 29.3 Å². The lowest BCUT2D eigenvalue weighted by atomic mass is 10.2. The summed E-state index contributed by atoms with van der Waals surface area (Å²) in [6.07, 6.45) is 2.81. The second kappa shape index (κ2) is 9.33. The number of aliphatic imine (C=N–C) groups is 1. The second-order valence-electron chi connectivity index (χ2n) is 7.87. The number of halogens is 1. The zero-order chi connectivity index (χ0) is 19.3. The number of anilines is 1. The van der Waals surface area contributed by atoms with Crippen LogP contribution in [0.3, 0.4) is 0 Å². The highest BCUT2D eigenvalue weighted by molar-refractivity contribution is 6.33. The number of benzene rings is 1. The molecule has 0 radical (unpaired) electrons. The van der Waals surface area contributed by atoms with Gasteiger partial charge in [-0.3, -0.25) is 9.89 Å². The van der Waals surface area contributed by atoms with Gasteiger partial charge < -0.3 is 19.9 Å². The largest absolute Gasteiger partial charge is 0.373 e. The molecule has 6 nitrogen and oxygen atoms in total. The lowest BCUT2D eigenvalue weighted by Crippen LogP contribution is -2.53. The van der Waals surface area contributed by atoms with E-state index >= 15 is 0 Å². The van der Waals surface area contributed by atoms with Crippen molar-refractivity contribution in [1.29, 1.82) is 0 Å². The fourth-order valence-corrected chi connectivity index (χ4v) is 4.73. The molecule has 3 aliphatic rings. The molecular formula is C21H32ClN5O. The van der Waals surface area contributed by atoms with E-state index in [-0.39, 0.29) is 6.10 Å². The van der Waals surface area contributed by atoms with Crippen molar-refractivity contribution < 1.29 is 4.74 Å². The molecule has 0 aromatic heterocycles. The smallest absolute Gasteiger partial charge is 0.194 e. The van der Waals surface area contributed by atoms with Crippen LogP contribution >= 0.6 is 11.6 Å². The van der Waals surface area contributed by atoms with E-state index in [0.29, 0.717) is 6.04 Å². The first kappa shape index (κ1) is 19.8. The van der Waals surface area contributed by atoms with Gasteiger partial charge in [-0.1, -0.05) is 23.7 Å². The lowest BCUT2D eigenvalue weighted by Gasteiger charge is -2.38. The Labute approximate surface area is 173 Å². The predicted octanol–water partition coefficient (Wildman–Crippen LogP) is 2.29. The maximum Gasteiger partial charge on any atom is 0.194 e. The maximum atomic E-state index is 6.37. The molecule has 1 aromatic rings. The first-order valence-corrected chi connectivity index (χ1v) is 11.0. The molecule has 3 fully saturated rings. The van der Waals surface area contributed by atoms with Gasteiger partial charge in [-0.15, -0.1) is 0 Å². The molecule has 1 N–H and O–H groups in total. The fraction of sp³-hybridized carbons (Fsp3) is 0.667. The molecule has 4 rings (SSSR count). The Morgan fingerprint density at radius 1 is 1.21 bits per heavy atom. The molecule has 154 valence electrons. The molecule has 0 saturated carbocycles. The summed E-state index contributed by atoms with van der Waals surface area (Å²) in [7, 11) is 0. The van der Waals surface area contributed by atoms with Crippen molar-refractivity contribution in [2.75, 3.05) is 63.9 Å². The van der Waals surface area contributed by atoms with Crippen molar-refractivity contribution in [1.82, 2.24) is 15.1 Å². The van der Waals surface area contributed by atoms with Crippen LogP contribution in [0.5, 0.6) is 0 Å². The van der Waals surface area contributed by atoms with Gasteiger partial charge in [-0.2, -0.15) is 0 Å². The Hall–Kier alpha value is -1.50. The van der Waals surface area contributed by atoms with Crippen molar-refractivity contribution in [3.63, 3.8) is 0 Å². The van der Waals surface area contributed by atoms with Gasteiger partial charge in [0.2, 0.25) is 0 Å². The third kappa shape index (κ3) is 4.56. The number of hydrogen-bond donors (Lipinski definition) is 1. The summed E-state index contributed by atoms with van der Waals surface area (Å²) in [4.78, 5) is 12.2. The van der Waals surface area contributed by atoms with Gasteiger partial charge in [0.25, 0.3) is 0 Å². The summed E-state index contributed by atoms with van der Waals surface area (Å²) in [5.74, 6) is 1.01. The minimum atomic E-state index is 0.215. The summed E-state index contributed by atoms with van der Waals surface area (Å²) < 4.78 is 6.08. The van der Waals surface area contributed by atoms with E-state index in [1.54, 1.807) is 0 Å². The number of nitrogens with zero attached hydrogens (tertiary/aromatic N) is 4. The van der Waals surface area contributed by atoms with E-state index < -0.39 is 0 Å². The number of rotatable bonds is 4. The third-order valence-electron chi connectivity index (χ3n) is 6.01. The van der Waals surface area contributed by atoms with Crippen LogP contribution < -0.4 is 10.2 Å². The average Bonchev–Trinajstić information content (AvgIpc) is 3.20. The van der Waals surface area contributed by atoms with Gasteiger partial charge in [-0.25, -0.2) is 0 Å². The number of para-hydroxylation sites is 1. The molecular weight excluding hydrogens is 374 g/mol. The van der Waals surface area contributed by atoms with Gasteiger partial charge in [0.15, 0.2) is 5.96 Å². The number of piperazine rings is 1. The number of ether oxygens (including phenoxy) is 1. The lowest BCUT2D eigenvalue weighted by molar-refractivity contribution is -0.0432. The fourth-order valence-electron chi connectivity index (χ4n) is 4.48. The summed E-state index contributed by atoms with van der Waals surface area (Å²) >= 11 is 6.37. The molecule has 1 aromatic carbocycles. The average molecular weight is 406 g/mol. The third-order valence-corrected chi connectivity index (χ3v) is 6.33. The minimum absolute atomic E-state index is 0.215. The highest BCUT2D eigenvalue weighted by Crippen LogP contribution is 2.26. The highest BCUT2D eigenvalue weighted by Gasteiger charge is 2.32. The molecule has 3 saturated heterocycles. The summed E-state index contributed by atoms with van der Waals surface area (Å²) in [6, 6.07) is 8.74. The van der Waals surface area contributed by atoms with Crippen LogP contribution in [-0.2, 0) is 4.74 Å². The molecule has 2 atom stereocenters. The minimum Gasteiger partial charge on any atom is -0.373 e. The zero-order valence-corrected chi connectivity index (χ0v) is 17.6. The number of nitrogens with one attached hydrogen (secondary N) is 1. The Morgan fingerprint density at radius 3 is 2.82 bits per heavy atom. The molecule has 0 amide bonds. The molecule has 0 spiro atoms. The van der Waals surface area contributed by atoms with Gasteiger partial charge in [-0.05, 0) is 38.4 Å². The number of hydrogen-bond acceptors (Lipinski definition) is 4. The number of fused-ring (bicyclic) bond motifs is 1. The van der Waals surface area contributed by atoms with Crippen LogP contribution in [0.4, 0.5) is 5.69 Å². The highest BCUT2D eigenvalue weighted by atomic mass is 35.5. The van der Waals surface area contributed by atoms with Crippen molar-refractivity contribution in [2.45, 2.75) is 31.9 Å². The van der Waals surface area contributed by atoms with Crippen molar-refractivity contribution in [3.8, 4) is 0 Å². The van der Waals surface area contributed by atoms with Crippen LogP contribution in [0.1, 0.15) is 19.8 Å². The van der Waals surface area contributed by atoms with Crippen LogP contribution in [0.25, 0.3) is 0 Å². The quantitative estimate of drug-likeness (QED) is 0.615. The molecule has 0 aliphatic carbocycles. The van der Waals surface area contributed by atoms with E-state index in [0.717, 1.165) is 69.1 Å². The normalized spacial score (nSPS) is 26.4. The van der Waals surface area contributed by atoms with E-state index in [4.69, 9.17) is 21.3 Å². The van der Waals surface area contributed by atoms with Crippen LogP contribution in [0.2, 0.25) is 5.02 Å². The second-order valence-corrected chi connectivity index (χ2v) is 8.27. The Bertz CT molecular complexity index is 677. The first-order valence-electron chi connectivity index (χ1n) is 10.6. The van der Waals surface area contributed by atoms with E-state index in [2.05, 4.69) is 33.0 Å². The Morgan fingerprint density at radius 2 is 2.04 bits per heavy atom. The molecule has 3 aliphatic heterocycles. The van der Waals surface area contributed by atoms with Gasteiger partial charge in [0.1, 0.15) is 0 Å².